The lowest BCUT2D eigenvalue weighted by atomic mass is 9.77. The topological polar surface area (TPSA) is 18.5 Å². The number of hydrogen-bond acceptors (Lipinski definition) is 2. The maximum atomic E-state index is 5.55. The Labute approximate surface area is 134 Å². The highest BCUT2D eigenvalue weighted by molar-refractivity contribution is 5.41. The van der Waals surface area contributed by atoms with Crippen molar-refractivity contribution >= 4 is 0 Å². The third-order valence-electron chi connectivity index (χ3n) is 4.62. The Kier molecular flexibility index (Phi) is 4.62. The molecule has 0 aromatic heterocycles. The molecule has 118 valence electrons. The maximum Gasteiger partial charge on any atom is 0.118 e. The average Bonchev–Trinajstić information content (AvgIpc) is 2.55. The summed E-state index contributed by atoms with van der Waals surface area (Å²) in [5.41, 5.74) is 3.43. The summed E-state index contributed by atoms with van der Waals surface area (Å²) in [6.07, 6.45) is 0. The Hall–Kier alpha value is -1.80. The van der Waals surface area contributed by atoms with Crippen molar-refractivity contribution in [3.63, 3.8) is 0 Å². The van der Waals surface area contributed by atoms with Gasteiger partial charge in [0.1, 0.15) is 5.75 Å². The van der Waals surface area contributed by atoms with Crippen molar-refractivity contribution in [1.29, 1.82) is 0 Å². The predicted octanol–water partition coefficient (Wildman–Crippen LogP) is 4.90. The predicted molar refractivity (Wildman–Crippen MR) is 91.6 cm³/mol. The van der Waals surface area contributed by atoms with Gasteiger partial charge >= 0.3 is 0 Å². The first-order chi connectivity index (χ1) is 10.3. The summed E-state index contributed by atoms with van der Waals surface area (Å²) in [6.45, 7) is 8.64. The molecule has 0 saturated carbocycles. The fourth-order valence-corrected chi connectivity index (χ4v) is 2.58. The molecule has 0 unspecified atom stereocenters. The van der Waals surface area contributed by atoms with Crippen LogP contribution in [0, 0.1) is 0 Å². The van der Waals surface area contributed by atoms with Gasteiger partial charge in [0, 0.05) is 12.5 Å². The molecule has 0 spiro atoms. The third kappa shape index (κ3) is 3.17. The monoisotopic (exact) mass is 298 g/mol. The number of ether oxygens (including phenoxy) is 2. The lowest BCUT2D eigenvalue weighted by Crippen LogP contribution is -2.21. The second kappa shape index (κ2) is 6.13. The number of rotatable bonds is 5. The van der Waals surface area contributed by atoms with Crippen LogP contribution in [-0.4, -0.2) is 14.2 Å². The van der Waals surface area contributed by atoms with E-state index < -0.39 is 0 Å². The molecule has 0 bridgehead atoms. The van der Waals surface area contributed by atoms with Crippen LogP contribution in [-0.2, 0) is 15.8 Å². The van der Waals surface area contributed by atoms with Crippen LogP contribution in [0.5, 0.6) is 5.75 Å². The van der Waals surface area contributed by atoms with E-state index in [-0.39, 0.29) is 11.0 Å². The molecular weight excluding hydrogens is 272 g/mol. The fraction of sp³-hybridized carbons (Fsp3) is 0.400. The van der Waals surface area contributed by atoms with Gasteiger partial charge < -0.3 is 9.47 Å². The summed E-state index contributed by atoms with van der Waals surface area (Å²) >= 11 is 0. The normalized spacial score (nSPS) is 12.3. The van der Waals surface area contributed by atoms with Crippen LogP contribution in [0.15, 0.2) is 48.5 Å². The SMILES string of the molecule is COc1ccc(C(C)(C)c2ccc(C(C)(C)OC)cc2)cc1. The summed E-state index contributed by atoms with van der Waals surface area (Å²) in [7, 11) is 3.44. The molecule has 2 nitrogen and oxygen atoms in total. The first-order valence-electron chi connectivity index (χ1n) is 7.62. The number of benzene rings is 2. The molecule has 0 aliphatic carbocycles. The molecule has 0 amide bonds. The van der Waals surface area contributed by atoms with E-state index >= 15 is 0 Å². The molecule has 0 aliphatic rings. The van der Waals surface area contributed by atoms with Crippen molar-refractivity contribution in [2.24, 2.45) is 0 Å². The smallest absolute Gasteiger partial charge is 0.118 e. The average molecular weight is 298 g/mol. The summed E-state index contributed by atoms with van der Waals surface area (Å²) < 4.78 is 10.8. The van der Waals surface area contributed by atoms with E-state index in [4.69, 9.17) is 9.47 Å². The summed E-state index contributed by atoms with van der Waals surface area (Å²) in [5.74, 6) is 0.886. The highest BCUT2D eigenvalue weighted by atomic mass is 16.5. The number of hydrogen-bond donors (Lipinski definition) is 0. The molecule has 0 heterocycles. The summed E-state index contributed by atoms with van der Waals surface area (Å²) in [6, 6.07) is 17.0. The van der Waals surface area contributed by atoms with Gasteiger partial charge in [0.05, 0.1) is 12.7 Å². The molecule has 0 fully saturated rings. The lowest BCUT2D eigenvalue weighted by molar-refractivity contribution is 0.0192. The molecule has 0 saturated heterocycles. The van der Waals surface area contributed by atoms with E-state index in [0.717, 1.165) is 5.75 Å². The van der Waals surface area contributed by atoms with Gasteiger partial charge in [-0.15, -0.1) is 0 Å². The van der Waals surface area contributed by atoms with Gasteiger partial charge in [-0.1, -0.05) is 50.2 Å². The van der Waals surface area contributed by atoms with Crippen molar-refractivity contribution in [2.75, 3.05) is 14.2 Å². The van der Waals surface area contributed by atoms with Crippen LogP contribution >= 0.6 is 0 Å². The van der Waals surface area contributed by atoms with Crippen molar-refractivity contribution in [3.05, 3.63) is 65.2 Å². The molecule has 2 heteroatoms. The largest absolute Gasteiger partial charge is 0.497 e. The molecule has 2 rings (SSSR count). The lowest BCUT2D eigenvalue weighted by Gasteiger charge is -2.28. The quantitative estimate of drug-likeness (QED) is 0.781. The Balaban J connectivity index is 2.32. The Morgan fingerprint density at radius 2 is 1.05 bits per heavy atom. The molecule has 0 radical (unpaired) electrons. The van der Waals surface area contributed by atoms with E-state index in [1.807, 2.05) is 12.1 Å². The van der Waals surface area contributed by atoms with Gasteiger partial charge in [-0.05, 0) is 42.7 Å². The molecule has 0 aliphatic heterocycles. The van der Waals surface area contributed by atoms with Gasteiger partial charge in [-0.3, -0.25) is 0 Å². The highest BCUT2D eigenvalue weighted by Crippen LogP contribution is 2.34. The molecule has 2 aromatic rings. The van der Waals surface area contributed by atoms with Crippen molar-refractivity contribution in [2.45, 2.75) is 38.7 Å². The van der Waals surface area contributed by atoms with Crippen LogP contribution in [0.2, 0.25) is 0 Å². The minimum Gasteiger partial charge on any atom is -0.497 e. The first kappa shape index (κ1) is 16.6. The van der Waals surface area contributed by atoms with E-state index in [0.29, 0.717) is 0 Å². The molecule has 2 aromatic carbocycles. The zero-order valence-electron chi connectivity index (χ0n) is 14.4. The summed E-state index contributed by atoms with van der Waals surface area (Å²) in [5, 5.41) is 0. The third-order valence-corrected chi connectivity index (χ3v) is 4.62. The minimum absolute atomic E-state index is 0.0536. The van der Waals surface area contributed by atoms with Crippen LogP contribution in [0.25, 0.3) is 0 Å². The molecule has 0 N–H and O–H groups in total. The van der Waals surface area contributed by atoms with Gasteiger partial charge in [-0.2, -0.15) is 0 Å². The Bertz CT molecular complexity index is 607. The molecular formula is C20H26O2. The Morgan fingerprint density at radius 1 is 0.636 bits per heavy atom. The van der Waals surface area contributed by atoms with Crippen LogP contribution < -0.4 is 4.74 Å². The molecule has 0 atom stereocenters. The van der Waals surface area contributed by atoms with E-state index in [1.54, 1.807) is 14.2 Å². The van der Waals surface area contributed by atoms with Gasteiger partial charge in [0.25, 0.3) is 0 Å². The van der Waals surface area contributed by atoms with Crippen molar-refractivity contribution < 1.29 is 9.47 Å². The van der Waals surface area contributed by atoms with Gasteiger partial charge in [0.2, 0.25) is 0 Å². The number of methoxy groups -OCH3 is 2. The van der Waals surface area contributed by atoms with Crippen LogP contribution in [0.1, 0.15) is 44.4 Å². The zero-order valence-corrected chi connectivity index (χ0v) is 14.4. The Morgan fingerprint density at radius 3 is 1.45 bits per heavy atom. The highest BCUT2D eigenvalue weighted by Gasteiger charge is 2.25. The minimum atomic E-state index is -0.261. The van der Waals surface area contributed by atoms with Crippen molar-refractivity contribution in [1.82, 2.24) is 0 Å². The van der Waals surface area contributed by atoms with Gasteiger partial charge in [-0.25, -0.2) is 0 Å². The second-order valence-electron chi connectivity index (χ2n) is 6.65. The first-order valence-corrected chi connectivity index (χ1v) is 7.62. The van der Waals surface area contributed by atoms with E-state index in [9.17, 15) is 0 Å². The standard InChI is InChI=1S/C20H26O2/c1-19(2,16-11-13-18(21-5)14-12-16)15-7-9-17(10-8-15)20(3,4)22-6/h7-14H,1-6H3. The van der Waals surface area contributed by atoms with E-state index in [2.05, 4.69) is 64.1 Å². The molecule has 22 heavy (non-hydrogen) atoms. The van der Waals surface area contributed by atoms with Crippen molar-refractivity contribution in [3.8, 4) is 5.75 Å². The van der Waals surface area contributed by atoms with Crippen LogP contribution in [0.4, 0.5) is 0 Å². The van der Waals surface area contributed by atoms with Gasteiger partial charge in [0.15, 0.2) is 0 Å². The van der Waals surface area contributed by atoms with Crippen LogP contribution in [0.3, 0.4) is 0 Å². The van der Waals surface area contributed by atoms with E-state index in [1.165, 1.54) is 16.7 Å². The maximum absolute atomic E-state index is 5.55. The second-order valence-corrected chi connectivity index (χ2v) is 6.65. The summed E-state index contributed by atoms with van der Waals surface area (Å²) in [4.78, 5) is 0. The zero-order chi connectivity index (χ0) is 16.4. The fourth-order valence-electron chi connectivity index (χ4n) is 2.58.